The van der Waals surface area contributed by atoms with Crippen molar-refractivity contribution in [2.45, 2.75) is 45.1 Å². The Labute approximate surface area is 115 Å². The minimum Gasteiger partial charge on any atom is -0.494 e. The molecule has 0 aromatic heterocycles. The van der Waals surface area contributed by atoms with Gasteiger partial charge >= 0.3 is 0 Å². The van der Waals surface area contributed by atoms with E-state index in [-0.39, 0.29) is 6.04 Å². The minimum atomic E-state index is 0.116. The summed E-state index contributed by atoms with van der Waals surface area (Å²) in [6.45, 7) is 2.87. The van der Waals surface area contributed by atoms with Crippen molar-refractivity contribution in [1.29, 1.82) is 0 Å². The molecule has 1 aliphatic carbocycles. The van der Waals surface area contributed by atoms with Gasteiger partial charge in [-0.05, 0) is 49.8 Å². The monoisotopic (exact) mass is 260 g/mol. The van der Waals surface area contributed by atoms with E-state index in [0.717, 1.165) is 25.2 Å². The number of allylic oxidation sites excluding steroid dienone is 1. The lowest BCUT2D eigenvalue weighted by atomic mass is 9.90. The number of nitrogens with two attached hydrogens (primary N) is 1. The number of rotatable bonds is 6. The molecule has 0 saturated heterocycles. The molecule has 0 aliphatic heterocycles. The molecule has 3 N–H and O–H groups in total. The standard InChI is InChI=1S/C16H24N2O/c1-2-11-19-15-10-6-9-14(12-15)16(18-17)13-7-4-3-5-8-13/h6-7,9-10,12,16,18H,2-5,8,11,17H2,1H3. The van der Waals surface area contributed by atoms with Gasteiger partial charge in [-0.15, -0.1) is 0 Å². The lowest BCUT2D eigenvalue weighted by molar-refractivity contribution is 0.317. The number of ether oxygens (including phenoxy) is 1. The molecule has 1 aliphatic rings. The van der Waals surface area contributed by atoms with Gasteiger partial charge in [0.05, 0.1) is 12.6 Å². The van der Waals surface area contributed by atoms with Gasteiger partial charge in [0.25, 0.3) is 0 Å². The summed E-state index contributed by atoms with van der Waals surface area (Å²) in [7, 11) is 0. The van der Waals surface area contributed by atoms with Crippen LogP contribution in [0.15, 0.2) is 35.9 Å². The van der Waals surface area contributed by atoms with Crippen LogP contribution in [0.2, 0.25) is 0 Å². The summed E-state index contributed by atoms with van der Waals surface area (Å²) in [6.07, 6.45) is 8.20. The van der Waals surface area contributed by atoms with Crippen molar-refractivity contribution >= 4 is 0 Å². The summed E-state index contributed by atoms with van der Waals surface area (Å²) in [5, 5.41) is 0. The van der Waals surface area contributed by atoms with Crippen LogP contribution in [-0.4, -0.2) is 6.61 Å². The van der Waals surface area contributed by atoms with Gasteiger partial charge in [0.1, 0.15) is 5.75 Å². The molecule has 0 amide bonds. The van der Waals surface area contributed by atoms with Crippen LogP contribution in [0.5, 0.6) is 5.75 Å². The van der Waals surface area contributed by atoms with Gasteiger partial charge in [0.15, 0.2) is 0 Å². The first kappa shape index (κ1) is 14.1. The molecule has 0 radical (unpaired) electrons. The molecule has 1 aromatic rings. The van der Waals surface area contributed by atoms with Gasteiger partial charge in [0.2, 0.25) is 0 Å². The average Bonchev–Trinajstić information content (AvgIpc) is 2.47. The highest BCUT2D eigenvalue weighted by atomic mass is 16.5. The van der Waals surface area contributed by atoms with Crippen LogP contribution >= 0.6 is 0 Å². The molecule has 0 fully saturated rings. The summed E-state index contributed by atoms with van der Waals surface area (Å²) < 4.78 is 5.69. The molecule has 104 valence electrons. The third-order valence-electron chi connectivity index (χ3n) is 3.53. The lowest BCUT2D eigenvalue weighted by Crippen LogP contribution is -2.30. The maximum absolute atomic E-state index is 5.75. The number of hydrogen-bond donors (Lipinski definition) is 2. The second-order valence-electron chi connectivity index (χ2n) is 5.05. The zero-order valence-electron chi connectivity index (χ0n) is 11.7. The van der Waals surface area contributed by atoms with Gasteiger partial charge in [-0.25, -0.2) is 5.43 Å². The molecular formula is C16H24N2O. The van der Waals surface area contributed by atoms with E-state index in [1.807, 2.05) is 12.1 Å². The first-order valence-electron chi connectivity index (χ1n) is 7.23. The fourth-order valence-electron chi connectivity index (χ4n) is 2.55. The number of hydrogen-bond acceptors (Lipinski definition) is 3. The fourth-order valence-corrected chi connectivity index (χ4v) is 2.55. The Morgan fingerprint density at radius 3 is 2.95 bits per heavy atom. The van der Waals surface area contributed by atoms with E-state index in [1.54, 1.807) is 0 Å². The normalized spacial score (nSPS) is 16.8. The predicted octanol–water partition coefficient (Wildman–Crippen LogP) is 3.48. The van der Waals surface area contributed by atoms with Gasteiger partial charge in [-0.3, -0.25) is 5.84 Å². The number of hydrazine groups is 1. The molecule has 1 aromatic carbocycles. The van der Waals surface area contributed by atoms with E-state index >= 15 is 0 Å². The molecule has 0 spiro atoms. The van der Waals surface area contributed by atoms with Gasteiger partial charge in [0, 0.05) is 0 Å². The van der Waals surface area contributed by atoms with Crippen LogP contribution in [0, 0.1) is 0 Å². The molecule has 0 saturated carbocycles. The fraction of sp³-hybridized carbons (Fsp3) is 0.500. The third-order valence-corrected chi connectivity index (χ3v) is 3.53. The predicted molar refractivity (Wildman–Crippen MR) is 78.8 cm³/mol. The van der Waals surface area contributed by atoms with Crippen molar-refractivity contribution in [3.63, 3.8) is 0 Å². The number of benzene rings is 1. The highest BCUT2D eigenvalue weighted by molar-refractivity contribution is 5.35. The molecule has 3 heteroatoms. The molecule has 3 nitrogen and oxygen atoms in total. The Balaban J connectivity index is 2.15. The van der Waals surface area contributed by atoms with Crippen molar-refractivity contribution in [2.24, 2.45) is 5.84 Å². The Morgan fingerprint density at radius 1 is 1.37 bits per heavy atom. The topological polar surface area (TPSA) is 47.3 Å². The van der Waals surface area contributed by atoms with Crippen LogP contribution in [0.4, 0.5) is 0 Å². The summed E-state index contributed by atoms with van der Waals surface area (Å²) in [6, 6.07) is 8.36. The molecular weight excluding hydrogens is 236 g/mol. The second kappa shape index (κ2) is 7.31. The first-order chi connectivity index (χ1) is 9.35. The average molecular weight is 260 g/mol. The maximum atomic E-state index is 5.75. The molecule has 1 unspecified atom stereocenters. The highest BCUT2D eigenvalue weighted by Crippen LogP contribution is 2.30. The summed E-state index contributed by atoms with van der Waals surface area (Å²) in [5.74, 6) is 6.68. The minimum absolute atomic E-state index is 0.116. The van der Waals surface area contributed by atoms with Crippen LogP contribution in [0.3, 0.4) is 0 Å². The van der Waals surface area contributed by atoms with E-state index in [0.29, 0.717) is 0 Å². The maximum Gasteiger partial charge on any atom is 0.119 e. The van der Waals surface area contributed by atoms with Crippen molar-refractivity contribution in [1.82, 2.24) is 5.43 Å². The quantitative estimate of drug-likeness (QED) is 0.467. The Hall–Kier alpha value is -1.32. The van der Waals surface area contributed by atoms with Crippen molar-refractivity contribution in [2.75, 3.05) is 6.61 Å². The van der Waals surface area contributed by atoms with E-state index in [2.05, 4.69) is 30.6 Å². The molecule has 19 heavy (non-hydrogen) atoms. The van der Waals surface area contributed by atoms with Crippen LogP contribution in [-0.2, 0) is 0 Å². The summed E-state index contributed by atoms with van der Waals surface area (Å²) in [4.78, 5) is 0. The lowest BCUT2D eigenvalue weighted by Gasteiger charge is -2.23. The van der Waals surface area contributed by atoms with Crippen LogP contribution < -0.4 is 16.0 Å². The Kier molecular flexibility index (Phi) is 5.43. The van der Waals surface area contributed by atoms with Crippen molar-refractivity contribution < 1.29 is 4.74 Å². The third kappa shape index (κ3) is 3.82. The second-order valence-corrected chi connectivity index (χ2v) is 5.05. The molecule has 0 heterocycles. The van der Waals surface area contributed by atoms with E-state index in [4.69, 9.17) is 10.6 Å². The summed E-state index contributed by atoms with van der Waals surface area (Å²) >= 11 is 0. The van der Waals surface area contributed by atoms with Gasteiger partial charge in [-0.1, -0.05) is 30.7 Å². The SMILES string of the molecule is CCCOc1cccc(C(NN)C2=CCCCC2)c1. The Morgan fingerprint density at radius 2 is 2.26 bits per heavy atom. The van der Waals surface area contributed by atoms with Crippen molar-refractivity contribution in [3.8, 4) is 5.75 Å². The zero-order chi connectivity index (χ0) is 13.5. The number of nitrogens with one attached hydrogen (secondary N) is 1. The first-order valence-corrected chi connectivity index (χ1v) is 7.23. The van der Waals surface area contributed by atoms with E-state index in [9.17, 15) is 0 Å². The molecule has 0 bridgehead atoms. The smallest absolute Gasteiger partial charge is 0.119 e. The van der Waals surface area contributed by atoms with Crippen LogP contribution in [0.1, 0.15) is 50.6 Å². The van der Waals surface area contributed by atoms with Gasteiger partial charge in [-0.2, -0.15) is 0 Å². The van der Waals surface area contributed by atoms with Crippen LogP contribution in [0.25, 0.3) is 0 Å². The zero-order valence-corrected chi connectivity index (χ0v) is 11.7. The van der Waals surface area contributed by atoms with Crippen molar-refractivity contribution in [3.05, 3.63) is 41.5 Å². The van der Waals surface area contributed by atoms with E-state index in [1.165, 1.54) is 30.4 Å². The highest BCUT2D eigenvalue weighted by Gasteiger charge is 2.17. The molecule has 2 rings (SSSR count). The van der Waals surface area contributed by atoms with E-state index < -0.39 is 0 Å². The largest absolute Gasteiger partial charge is 0.494 e. The molecule has 1 atom stereocenters. The van der Waals surface area contributed by atoms with Gasteiger partial charge < -0.3 is 4.74 Å². The summed E-state index contributed by atoms with van der Waals surface area (Å²) in [5.41, 5.74) is 5.54. The Bertz CT molecular complexity index is 429.